The molecule has 0 aromatic carbocycles. The van der Waals surface area contributed by atoms with Crippen LogP contribution in [0.15, 0.2) is 0 Å². The summed E-state index contributed by atoms with van der Waals surface area (Å²) in [6.45, 7) is 0.205. The second-order valence-electron chi connectivity index (χ2n) is 5.73. The van der Waals surface area contributed by atoms with Gasteiger partial charge in [-0.15, -0.1) is 0 Å². The van der Waals surface area contributed by atoms with Crippen LogP contribution in [0.3, 0.4) is 0 Å². The summed E-state index contributed by atoms with van der Waals surface area (Å²) in [5.41, 5.74) is 5.53. The number of hydrogen-bond donors (Lipinski definition) is 5. The van der Waals surface area contributed by atoms with E-state index in [2.05, 4.69) is 5.32 Å². The van der Waals surface area contributed by atoms with Crippen molar-refractivity contribution in [1.29, 1.82) is 0 Å². The normalized spacial score (nSPS) is 19.1. The van der Waals surface area contributed by atoms with Gasteiger partial charge in [0.1, 0.15) is 12.1 Å². The van der Waals surface area contributed by atoms with Gasteiger partial charge >= 0.3 is 17.9 Å². The Morgan fingerprint density at radius 3 is 2.28 bits per heavy atom. The predicted molar refractivity (Wildman–Crippen MR) is 81.4 cm³/mol. The molecule has 0 saturated carbocycles. The van der Waals surface area contributed by atoms with Gasteiger partial charge in [-0.3, -0.25) is 19.2 Å². The van der Waals surface area contributed by atoms with Crippen molar-refractivity contribution < 1.29 is 39.3 Å². The summed E-state index contributed by atoms with van der Waals surface area (Å²) in [5, 5.41) is 28.6. The zero-order valence-electron chi connectivity index (χ0n) is 13.4. The van der Waals surface area contributed by atoms with Crippen molar-refractivity contribution in [2.24, 2.45) is 5.73 Å². The SMILES string of the molecule is NC(CC(=O)O)C(=O)N1CCCC1C(=O)NC(CCC(=O)O)C(=O)O. The van der Waals surface area contributed by atoms with E-state index >= 15 is 0 Å². The van der Waals surface area contributed by atoms with Gasteiger partial charge < -0.3 is 31.3 Å². The fourth-order valence-corrected chi connectivity index (χ4v) is 2.58. The lowest BCUT2D eigenvalue weighted by Gasteiger charge is -2.27. The zero-order chi connectivity index (χ0) is 19.1. The minimum Gasteiger partial charge on any atom is -0.481 e. The van der Waals surface area contributed by atoms with Crippen LogP contribution in [0.5, 0.6) is 0 Å². The average Bonchev–Trinajstić information content (AvgIpc) is 2.98. The number of carbonyl (C=O) groups excluding carboxylic acids is 2. The quantitative estimate of drug-likeness (QED) is 0.317. The maximum Gasteiger partial charge on any atom is 0.326 e. The lowest BCUT2D eigenvalue weighted by Crippen LogP contribution is -2.54. The molecule has 3 unspecified atom stereocenters. The monoisotopic (exact) mass is 359 g/mol. The summed E-state index contributed by atoms with van der Waals surface area (Å²) >= 11 is 0. The number of hydrogen-bond acceptors (Lipinski definition) is 6. The summed E-state index contributed by atoms with van der Waals surface area (Å²) in [5.74, 6) is -5.25. The molecule has 11 nitrogen and oxygen atoms in total. The summed E-state index contributed by atoms with van der Waals surface area (Å²) in [4.78, 5) is 58.0. The number of carboxylic acid groups (broad SMARTS) is 3. The van der Waals surface area contributed by atoms with Crippen LogP contribution in [0.4, 0.5) is 0 Å². The van der Waals surface area contributed by atoms with Gasteiger partial charge in [-0.05, 0) is 19.3 Å². The van der Waals surface area contributed by atoms with Crippen molar-refractivity contribution in [1.82, 2.24) is 10.2 Å². The fraction of sp³-hybridized carbons (Fsp3) is 0.643. The molecule has 1 heterocycles. The Bertz CT molecular complexity index is 564. The van der Waals surface area contributed by atoms with Gasteiger partial charge in [0.2, 0.25) is 11.8 Å². The highest BCUT2D eigenvalue weighted by atomic mass is 16.4. The van der Waals surface area contributed by atoms with Gasteiger partial charge in [0.25, 0.3) is 0 Å². The molecule has 3 atom stereocenters. The molecule has 1 rings (SSSR count). The molecule has 140 valence electrons. The topological polar surface area (TPSA) is 187 Å². The molecule has 0 aromatic heterocycles. The maximum absolute atomic E-state index is 12.3. The van der Waals surface area contributed by atoms with Crippen LogP contribution in [0.25, 0.3) is 0 Å². The van der Waals surface area contributed by atoms with Crippen LogP contribution in [-0.2, 0) is 24.0 Å². The van der Waals surface area contributed by atoms with Gasteiger partial charge in [0.05, 0.1) is 12.5 Å². The second-order valence-corrected chi connectivity index (χ2v) is 5.73. The van der Waals surface area contributed by atoms with E-state index in [0.717, 1.165) is 4.90 Å². The Morgan fingerprint density at radius 2 is 1.76 bits per heavy atom. The number of nitrogens with one attached hydrogen (secondary N) is 1. The zero-order valence-corrected chi connectivity index (χ0v) is 13.4. The molecule has 1 aliphatic heterocycles. The number of likely N-dealkylation sites (tertiary alicyclic amines) is 1. The fourth-order valence-electron chi connectivity index (χ4n) is 2.58. The molecule has 0 bridgehead atoms. The van der Waals surface area contributed by atoms with E-state index in [1.54, 1.807) is 0 Å². The first-order chi connectivity index (χ1) is 11.6. The molecule has 2 amide bonds. The van der Waals surface area contributed by atoms with Crippen LogP contribution in [-0.4, -0.2) is 74.6 Å². The molecule has 1 aliphatic rings. The Hall–Kier alpha value is -2.69. The van der Waals surface area contributed by atoms with E-state index in [1.807, 2.05) is 0 Å². The number of rotatable bonds is 9. The molecule has 0 aromatic rings. The third kappa shape index (κ3) is 6.03. The minimum atomic E-state index is -1.39. The number of nitrogens with zero attached hydrogens (tertiary/aromatic N) is 1. The summed E-state index contributed by atoms with van der Waals surface area (Å²) < 4.78 is 0. The van der Waals surface area contributed by atoms with Crippen molar-refractivity contribution in [2.45, 2.75) is 50.2 Å². The van der Waals surface area contributed by atoms with E-state index in [9.17, 15) is 24.0 Å². The van der Waals surface area contributed by atoms with Gasteiger partial charge in [-0.1, -0.05) is 0 Å². The average molecular weight is 359 g/mol. The Balaban J connectivity index is 2.74. The van der Waals surface area contributed by atoms with E-state index in [1.165, 1.54) is 0 Å². The van der Waals surface area contributed by atoms with Crippen LogP contribution < -0.4 is 11.1 Å². The predicted octanol–water partition coefficient (Wildman–Crippen LogP) is -1.79. The summed E-state index contributed by atoms with van der Waals surface area (Å²) in [6, 6.07) is -3.65. The molecule has 0 radical (unpaired) electrons. The van der Waals surface area contributed by atoms with E-state index < -0.39 is 60.7 Å². The largest absolute Gasteiger partial charge is 0.481 e. The minimum absolute atomic E-state index is 0.205. The Kier molecular flexibility index (Phi) is 7.30. The molecule has 11 heteroatoms. The van der Waals surface area contributed by atoms with Crippen molar-refractivity contribution in [3.63, 3.8) is 0 Å². The lowest BCUT2D eigenvalue weighted by atomic mass is 10.1. The molecule has 6 N–H and O–H groups in total. The number of nitrogens with two attached hydrogens (primary N) is 1. The number of carbonyl (C=O) groups is 5. The third-order valence-corrected chi connectivity index (χ3v) is 3.81. The van der Waals surface area contributed by atoms with E-state index in [4.69, 9.17) is 21.1 Å². The van der Waals surface area contributed by atoms with Crippen LogP contribution in [0.2, 0.25) is 0 Å². The maximum atomic E-state index is 12.3. The van der Waals surface area contributed by atoms with Gasteiger partial charge in [-0.2, -0.15) is 0 Å². The first-order valence-corrected chi connectivity index (χ1v) is 7.66. The van der Waals surface area contributed by atoms with E-state index in [0.29, 0.717) is 6.42 Å². The summed E-state index contributed by atoms with van der Waals surface area (Å²) in [7, 11) is 0. The van der Waals surface area contributed by atoms with Crippen molar-refractivity contribution in [3.8, 4) is 0 Å². The Labute approximate surface area is 142 Å². The molecule has 1 fully saturated rings. The van der Waals surface area contributed by atoms with Gasteiger partial charge in [0.15, 0.2) is 0 Å². The first kappa shape index (κ1) is 20.4. The molecular weight excluding hydrogens is 338 g/mol. The van der Waals surface area contributed by atoms with Crippen molar-refractivity contribution in [2.75, 3.05) is 6.54 Å². The highest BCUT2D eigenvalue weighted by Crippen LogP contribution is 2.19. The molecule has 1 saturated heterocycles. The first-order valence-electron chi connectivity index (χ1n) is 7.66. The molecule has 0 spiro atoms. The van der Waals surface area contributed by atoms with E-state index in [-0.39, 0.29) is 19.4 Å². The third-order valence-electron chi connectivity index (χ3n) is 3.81. The van der Waals surface area contributed by atoms with Crippen LogP contribution >= 0.6 is 0 Å². The highest BCUT2D eigenvalue weighted by molar-refractivity contribution is 5.93. The van der Waals surface area contributed by atoms with Gasteiger partial charge in [-0.25, -0.2) is 4.79 Å². The molecular formula is C14H21N3O8. The number of carboxylic acids is 3. The number of amides is 2. The Morgan fingerprint density at radius 1 is 1.12 bits per heavy atom. The molecule has 25 heavy (non-hydrogen) atoms. The van der Waals surface area contributed by atoms with Crippen LogP contribution in [0, 0.1) is 0 Å². The van der Waals surface area contributed by atoms with Gasteiger partial charge in [0, 0.05) is 13.0 Å². The second kappa shape index (κ2) is 8.97. The lowest BCUT2D eigenvalue weighted by molar-refractivity contribution is -0.146. The highest BCUT2D eigenvalue weighted by Gasteiger charge is 2.37. The summed E-state index contributed by atoms with van der Waals surface area (Å²) in [6.07, 6.45) is -0.553. The van der Waals surface area contributed by atoms with Crippen LogP contribution in [0.1, 0.15) is 32.1 Å². The van der Waals surface area contributed by atoms with Crippen molar-refractivity contribution in [3.05, 3.63) is 0 Å². The standard InChI is InChI=1S/C14H21N3O8/c15-7(6-11(20)21)13(23)17-5-1-2-9(17)12(22)16-8(14(24)25)3-4-10(18)19/h7-9H,1-6,15H2,(H,16,22)(H,18,19)(H,20,21)(H,24,25). The smallest absolute Gasteiger partial charge is 0.326 e. The molecule has 0 aliphatic carbocycles. The van der Waals surface area contributed by atoms with Crippen molar-refractivity contribution >= 4 is 29.7 Å². The number of aliphatic carboxylic acids is 3.